The molecule has 0 spiro atoms. The first-order chi connectivity index (χ1) is 12.5. The van der Waals surface area contributed by atoms with Crippen molar-refractivity contribution in [2.45, 2.75) is 6.10 Å². The van der Waals surface area contributed by atoms with Gasteiger partial charge in [-0.15, -0.1) is 0 Å². The van der Waals surface area contributed by atoms with Crippen molar-refractivity contribution in [2.75, 3.05) is 26.6 Å². The smallest absolute Gasteiger partial charge is 0.339 e. The number of methoxy groups -OCH3 is 3. The number of anilines is 1. The summed E-state index contributed by atoms with van der Waals surface area (Å²) in [6.07, 6.45) is -0.886. The van der Waals surface area contributed by atoms with Crippen molar-refractivity contribution in [1.82, 2.24) is 0 Å². The molecular formula is C19H19NO6. The minimum atomic E-state index is -0.886. The quantitative estimate of drug-likeness (QED) is 0.799. The van der Waals surface area contributed by atoms with Crippen LogP contribution in [0, 0.1) is 0 Å². The number of hydrogen-bond donors (Lipinski definition) is 1. The van der Waals surface area contributed by atoms with Crippen LogP contribution in [0.2, 0.25) is 0 Å². The normalized spacial score (nSPS) is 11.3. The molecule has 0 radical (unpaired) electrons. The topological polar surface area (TPSA) is 90.9 Å². The lowest BCUT2D eigenvalue weighted by molar-refractivity contribution is -0.126. The largest absolute Gasteiger partial charge is 0.465 e. The van der Waals surface area contributed by atoms with Crippen molar-refractivity contribution in [3.63, 3.8) is 0 Å². The van der Waals surface area contributed by atoms with Crippen molar-refractivity contribution < 1.29 is 28.6 Å². The first kappa shape index (κ1) is 19.1. The maximum atomic E-state index is 12.7. The van der Waals surface area contributed by atoms with Gasteiger partial charge < -0.3 is 19.5 Å². The Morgan fingerprint density at radius 2 is 1.54 bits per heavy atom. The Morgan fingerprint density at radius 1 is 0.885 bits per heavy atom. The summed E-state index contributed by atoms with van der Waals surface area (Å²) in [6.45, 7) is 0. The van der Waals surface area contributed by atoms with E-state index in [-0.39, 0.29) is 16.8 Å². The van der Waals surface area contributed by atoms with Crippen molar-refractivity contribution in [1.29, 1.82) is 0 Å². The SMILES string of the molecule is COC(=O)c1ccc(C(=O)OC)c(NC(=O)C(OC)c2ccccc2)c1. The van der Waals surface area contributed by atoms with Crippen LogP contribution in [-0.4, -0.2) is 39.2 Å². The number of nitrogens with one attached hydrogen (secondary N) is 1. The molecule has 2 aromatic rings. The molecule has 1 amide bonds. The predicted molar refractivity (Wildman–Crippen MR) is 93.9 cm³/mol. The summed E-state index contributed by atoms with van der Waals surface area (Å²) in [5.41, 5.74) is 1.07. The maximum absolute atomic E-state index is 12.7. The third-order valence-electron chi connectivity index (χ3n) is 3.68. The standard InChI is InChI=1S/C19H19NO6/c1-24-16(12-7-5-4-6-8-12)17(21)20-15-11-13(18(22)25-2)9-10-14(15)19(23)26-3/h4-11,16H,1-3H3,(H,20,21). The Morgan fingerprint density at radius 3 is 2.12 bits per heavy atom. The van der Waals surface area contributed by atoms with Crippen molar-refractivity contribution in [3.8, 4) is 0 Å². The highest BCUT2D eigenvalue weighted by molar-refractivity contribution is 6.04. The van der Waals surface area contributed by atoms with E-state index in [9.17, 15) is 14.4 Å². The first-order valence-corrected chi connectivity index (χ1v) is 7.71. The summed E-state index contributed by atoms with van der Waals surface area (Å²) in [4.78, 5) is 36.3. The van der Waals surface area contributed by atoms with Crippen LogP contribution < -0.4 is 5.32 Å². The molecule has 0 aliphatic carbocycles. The van der Waals surface area contributed by atoms with E-state index in [0.717, 1.165) is 0 Å². The van der Waals surface area contributed by atoms with Crippen LogP contribution >= 0.6 is 0 Å². The van der Waals surface area contributed by atoms with Gasteiger partial charge in [0.1, 0.15) is 0 Å². The Kier molecular flexibility index (Phi) is 6.46. The molecule has 0 heterocycles. The van der Waals surface area contributed by atoms with Crippen molar-refractivity contribution in [2.24, 2.45) is 0 Å². The molecule has 0 saturated carbocycles. The molecule has 7 heteroatoms. The van der Waals surface area contributed by atoms with Crippen molar-refractivity contribution >= 4 is 23.5 Å². The van der Waals surface area contributed by atoms with Gasteiger partial charge in [0.05, 0.1) is 31.0 Å². The Labute approximate surface area is 150 Å². The van der Waals surface area contributed by atoms with E-state index in [4.69, 9.17) is 9.47 Å². The number of carbonyl (C=O) groups is 3. The summed E-state index contributed by atoms with van der Waals surface area (Å²) < 4.78 is 14.7. The predicted octanol–water partition coefficient (Wildman–Crippen LogP) is 2.59. The molecule has 136 valence electrons. The zero-order chi connectivity index (χ0) is 19.1. The van der Waals surface area contributed by atoms with Gasteiger partial charge in [0.15, 0.2) is 6.10 Å². The van der Waals surface area contributed by atoms with Gasteiger partial charge in [0.25, 0.3) is 5.91 Å². The highest BCUT2D eigenvalue weighted by atomic mass is 16.5. The number of amides is 1. The van der Waals surface area contributed by atoms with Gasteiger partial charge in [-0.05, 0) is 23.8 Å². The van der Waals surface area contributed by atoms with Gasteiger partial charge in [-0.25, -0.2) is 9.59 Å². The minimum Gasteiger partial charge on any atom is -0.465 e. The number of benzene rings is 2. The summed E-state index contributed by atoms with van der Waals surface area (Å²) in [5.74, 6) is -1.74. The number of hydrogen-bond acceptors (Lipinski definition) is 6. The number of rotatable bonds is 6. The van der Waals surface area contributed by atoms with Crippen LogP contribution in [0.25, 0.3) is 0 Å². The van der Waals surface area contributed by atoms with E-state index in [1.165, 1.54) is 39.5 Å². The molecule has 0 saturated heterocycles. The molecular weight excluding hydrogens is 338 g/mol. The van der Waals surface area contributed by atoms with Gasteiger partial charge in [-0.1, -0.05) is 30.3 Å². The van der Waals surface area contributed by atoms with Crippen molar-refractivity contribution in [3.05, 3.63) is 65.2 Å². The van der Waals surface area contributed by atoms with Crippen LogP contribution in [0.3, 0.4) is 0 Å². The monoisotopic (exact) mass is 357 g/mol. The summed E-state index contributed by atoms with van der Waals surface area (Å²) in [5, 5.41) is 2.62. The fourth-order valence-corrected chi connectivity index (χ4v) is 2.40. The van der Waals surface area contributed by atoms with E-state index >= 15 is 0 Å². The van der Waals surface area contributed by atoms with Gasteiger partial charge >= 0.3 is 11.9 Å². The van der Waals surface area contributed by atoms with Crippen LogP contribution in [0.15, 0.2) is 48.5 Å². The Balaban J connectivity index is 2.37. The van der Waals surface area contributed by atoms with Gasteiger partial charge in [-0.2, -0.15) is 0 Å². The van der Waals surface area contributed by atoms with E-state index in [0.29, 0.717) is 5.56 Å². The zero-order valence-corrected chi connectivity index (χ0v) is 14.6. The van der Waals surface area contributed by atoms with Gasteiger partial charge in [-0.3, -0.25) is 4.79 Å². The van der Waals surface area contributed by atoms with Crippen LogP contribution in [0.4, 0.5) is 5.69 Å². The molecule has 1 unspecified atom stereocenters. The Bertz CT molecular complexity index is 803. The van der Waals surface area contributed by atoms with Crippen LogP contribution in [0.5, 0.6) is 0 Å². The van der Waals surface area contributed by atoms with E-state index in [1.807, 2.05) is 6.07 Å². The van der Waals surface area contributed by atoms with Crippen LogP contribution in [-0.2, 0) is 19.0 Å². The molecule has 0 aromatic heterocycles. The van der Waals surface area contributed by atoms with Gasteiger partial charge in [0, 0.05) is 7.11 Å². The summed E-state index contributed by atoms with van der Waals surface area (Å²) in [7, 11) is 3.87. The second-order valence-electron chi connectivity index (χ2n) is 5.26. The first-order valence-electron chi connectivity index (χ1n) is 7.71. The zero-order valence-electron chi connectivity index (χ0n) is 14.6. The second-order valence-corrected chi connectivity index (χ2v) is 5.26. The molecule has 1 atom stereocenters. The average molecular weight is 357 g/mol. The lowest BCUT2D eigenvalue weighted by Crippen LogP contribution is -2.24. The molecule has 7 nitrogen and oxygen atoms in total. The van der Waals surface area contributed by atoms with Crippen LogP contribution in [0.1, 0.15) is 32.4 Å². The lowest BCUT2D eigenvalue weighted by atomic mass is 10.1. The fraction of sp³-hybridized carbons (Fsp3) is 0.211. The molecule has 26 heavy (non-hydrogen) atoms. The highest BCUT2D eigenvalue weighted by Gasteiger charge is 2.23. The molecule has 2 rings (SSSR count). The maximum Gasteiger partial charge on any atom is 0.339 e. The molecule has 0 aliphatic heterocycles. The third kappa shape index (κ3) is 4.25. The molecule has 0 bridgehead atoms. The lowest BCUT2D eigenvalue weighted by Gasteiger charge is -2.17. The third-order valence-corrected chi connectivity index (χ3v) is 3.68. The Hall–Kier alpha value is -3.19. The average Bonchev–Trinajstić information content (AvgIpc) is 2.68. The summed E-state index contributed by atoms with van der Waals surface area (Å²) in [6, 6.07) is 13.0. The molecule has 1 N–H and O–H groups in total. The number of carbonyl (C=O) groups excluding carboxylic acids is 3. The van der Waals surface area contributed by atoms with E-state index in [2.05, 4.69) is 10.1 Å². The second kappa shape index (κ2) is 8.77. The number of esters is 2. The summed E-state index contributed by atoms with van der Waals surface area (Å²) >= 11 is 0. The van der Waals surface area contributed by atoms with E-state index in [1.54, 1.807) is 24.3 Å². The number of ether oxygens (including phenoxy) is 3. The van der Waals surface area contributed by atoms with Gasteiger partial charge in [0.2, 0.25) is 0 Å². The molecule has 0 aliphatic rings. The van der Waals surface area contributed by atoms with E-state index < -0.39 is 23.9 Å². The molecule has 2 aromatic carbocycles. The molecule has 0 fully saturated rings. The highest BCUT2D eigenvalue weighted by Crippen LogP contribution is 2.23. The fourth-order valence-electron chi connectivity index (χ4n) is 2.40. The minimum absolute atomic E-state index is 0.108.